The van der Waals surface area contributed by atoms with Crippen molar-refractivity contribution < 1.29 is 27.4 Å². The number of fused-ring (bicyclic) bond motifs is 1. The first-order chi connectivity index (χ1) is 15.3. The van der Waals surface area contributed by atoms with Crippen LogP contribution in [0.15, 0.2) is 33.9 Å². The zero-order valence-corrected chi connectivity index (χ0v) is 19.9. The van der Waals surface area contributed by atoms with E-state index in [0.717, 1.165) is 22.7 Å². The molecule has 180 valence electrons. The molecular formula is C20H25F3N4O5Si. The molecule has 0 N–H and O–H groups in total. The Morgan fingerprint density at radius 2 is 1.73 bits per heavy atom. The second kappa shape index (κ2) is 9.06. The number of hydrogen-bond acceptors (Lipinski definition) is 6. The third-order valence-corrected chi connectivity index (χ3v) is 6.48. The van der Waals surface area contributed by atoms with Crippen molar-refractivity contribution in [3.8, 4) is 17.5 Å². The van der Waals surface area contributed by atoms with Gasteiger partial charge in [-0.05, 0) is 18.2 Å². The van der Waals surface area contributed by atoms with E-state index in [1.807, 2.05) is 0 Å². The first-order valence-corrected chi connectivity index (χ1v) is 13.8. The minimum Gasteiger partial charge on any atom is -0.425 e. The molecule has 0 aliphatic rings. The van der Waals surface area contributed by atoms with E-state index in [0.29, 0.717) is 6.61 Å². The predicted molar refractivity (Wildman–Crippen MR) is 118 cm³/mol. The van der Waals surface area contributed by atoms with Crippen LogP contribution in [0.3, 0.4) is 0 Å². The topological polar surface area (TPSA) is 89.5 Å². The Balaban J connectivity index is 2.02. The summed E-state index contributed by atoms with van der Waals surface area (Å²) in [6.45, 7) is 6.93. The number of halogens is 3. The van der Waals surface area contributed by atoms with Crippen molar-refractivity contribution in [1.82, 2.24) is 18.7 Å². The van der Waals surface area contributed by atoms with Crippen LogP contribution in [-0.4, -0.2) is 39.7 Å². The molecule has 0 saturated carbocycles. The summed E-state index contributed by atoms with van der Waals surface area (Å²) < 4.78 is 56.6. The quantitative estimate of drug-likeness (QED) is 0.358. The molecule has 2 heterocycles. The molecule has 13 heteroatoms. The predicted octanol–water partition coefficient (Wildman–Crippen LogP) is 3.44. The molecule has 0 radical (unpaired) electrons. The molecule has 0 fully saturated rings. The first kappa shape index (κ1) is 24.6. The lowest BCUT2D eigenvalue weighted by Crippen LogP contribution is -2.37. The number of aromatic nitrogens is 4. The minimum absolute atomic E-state index is 0.00257. The summed E-state index contributed by atoms with van der Waals surface area (Å²) in [7, 11) is 1.42. The monoisotopic (exact) mass is 486 g/mol. The SMILES string of the molecule is Cn1c(=O)c2c(nc(Oc3cccc(OC(F)(F)F)c3)n2COCC[Si](C)(C)C)n(C)c1=O. The molecular weight excluding hydrogens is 461 g/mol. The van der Waals surface area contributed by atoms with E-state index in [9.17, 15) is 22.8 Å². The van der Waals surface area contributed by atoms with Gasteiger partial charge >= 0.3 is 18.1 Å². The molecule has 0 aliphatic heterocycles. The zero-order chi connectivity index (χ0) is 24.6. The fraction of sp³-hybridized carbons (Fsp3) is 0.450. The minimum atomic E-state index is -4.86. The van der Waals surface area contributed by atoms with Crippen molar-refractivity contribution in [2.75, 3.05) is 6.61 Å². The highest BCUT2D eigenvalue weighted by Crippen LogP contribution is 2.29. The maximum Gasteiger partial charge on any atom is 0.573 e. The zero-order valence-electron chi connectivity index (χ0n) is 18.9. The molecule has 0 unspecified atom stereocenters. The number of benzene rings is 1. The van der Waals surface area contributed by atoms with Crippen LogP contribution in [-0.2, 0) is 25.6 Å². The number of nitrogens with zero attached hydrogens (tertiary/aromatic N) is 4. The second-order valence-electron chi connectivity index (χ2n) is 8.67. The highest BCUT2D eigenvalue weighted by Gasteiger charge is 2.31. The van der Waals surface area contributed by atoms with Gasteiger partial charge in [0.2, 0.25) is 0 Å². The Morgan fingerprint density at radius 3 is 2.36 bits per heavy atom. The van der Waals surface area contributed by atoms with Crippen LogP contribution in [0.4, 0.5) is 13.2 Å². The number of hydrogen-bond donors (Lipinski definition) is 0. The highest BCUT2D eigenvalue weighted by atomic mass is 28.3. The molecule has 2 aromatic heterocycles. The van der Waals surface area contributed by atoms with Gasteiger partial charge in [0.1, 0.15) is 18.2 Å². The molecule has 0 amide bonds. The largest absolute Gasteiger partial charge is 0.573 e. The molecule has 0 saturated heterocycles. The number of aryl methyl sites for hydroxylation is 1. The van der Waals surface area contributed by atoms with Crippen molar-refractivity contribution in [2.24, 2.45) is 14.1 Å². The maximum absolute atomic E-state index is 12.8. The fourth-order valence-electron chi connectivity index (χ4n) is 3.00. The van der Waals surface area contributed by atoms with Crippen LogP contribution in [0.2, 0.25) is 25.7 Å². The van der Waals surface area contributed by atoms with Crippen molar-refractivity contribution in [3.05, 3.63) is 45.1 Å². The van der Waals surface area contributed by atoms with Gasteiger partial charge in [0.05, 0.1) is 0 Å². The fourth-order valence-corrected chi connectivity index (χ4v) is 3.76. The summed E-state index contributed by atoms with van der Waals surface area (Å²) in [6.07, 6.45) is -4.86. The Morgan fingerprint density at radius 1 is 1.06 bits per heavy atom. The van der Waals surface area contributed by atoms with Crippen LogP contribution >= 0.6 is 0 Å². The normalized spacial score (nSPS) is 12.4. The molecule has 0 aliphatic carbocycles. The average Bonchev–Trinajstić information content (AvgIpc) is 3.04. The number of rotatable bonds is 8. The van der Waals surface area contributed by atoms with Gasteiger partial charge in [-0.1, -0.05) is 25.7 Å². The van der Waals surface area contributed by atoms with Crippen LogP contribution in [0, 0.1) is 0 Å². The molecule has 33 heavy (non-hydrogen) atoms. The van der Waals surface area contributed by atoms with Gasteiger partial charge in [0.15, 0.2) is 11.2 Å². The van der Waals surface area contributed by atoms with Crippen molar-refractivity contribution in [1.29, 1.82) is 0 Å². The molecule has 9 nitrogen and oxygen atoms in total. The van der Waals surface area contributed by atoms with E-state index >= 15 is 0 Å². The average molecular weight is 487 g/mol. The van der Waals surface area contributed by atoms with Crippen molar-refractivity contribution in [3.63, 3.8) is 0 Å². The summed E-state index contributed by atoms with van der Waals surface area (Å²) in [6, 6.07) is 5.67. The van der Waals surface area contributed by atoms with E-state index in [2.05, 4.69) is 29.4 Å². The molecule has 0 atom stereocenters. The van der Waals surface area contributed by atoms with Crippen molar-refractivity contribution in [2.45, 2.75) is 38.8 Å². The van der Waals surface area contributed by atoms with Crippen LogP contribution < -0.4 is 20.7 Å². The highest BCUT2D eigenvalue weighted by molar-refractivity contribution is 6.76. The second-order valence-corrected chi connectivity index (χ2v) is 14.3. The Bertz CT molecular complexity index is 1270. The van der Waals surface area contributed by atoms with E-state index in [4.69, 9.17) is 9.47 Å². The standard InChI is InChI=1S/C20H25F3N4O5Si/c1-25-16-15(17(28)26(2)19(25)29)27(12-30-9-10-33(3,4)5)18(24-16)31-13-7-6-8-14(11-13)32-20(21,22)23/h6-8,11H,9-10,12H2,1-5H3. The summed E-state index contributed by atoms with van der Waals surface area (Å²) in [5.74, 6) is -0.477. The Kier molecular flexibility index (Phi) is 6.74. The van der Waals surface area contributed by atoms with Crippen LogP contribution in [0.1, 0.15) is 0 Å². The summed E-state index contributed by atoms with van der Waals surface area (Å²) in [5.41, 5.74) is -1.04. The van der Waals surface area contributed by atoms with Gasteiger partial charge in [-0.3, -0.25) is 18.5 Å². The smallest absolute Gasteiger partial charge is 0.425 e. The summed E-state index contributed by atoms with van der Waals surface area (Å²) in [4.78, 5) is 29.4. The van der Waals surface area contributed by atoms with Gasteiger partial charge in [-0.25, -0.2) is 4.79 Å². The van der Waals surface area contributed by atoms with Gasteiger partial charge in [0.25, 0.3) is 5.56 Å². The lowest BCUT2D eigenvalue weighted by atomic mass is 10.3. The number of ether oxygens (including phenoxy) is 3. The van der Waals surface area contributed by atoms with Crippen LogP contribution in [0.25, 0.3) is 11.2 Å². The van der Waals surface area contributed by atoms with Gasteiger partial charge in [-0.2, -0.15) is 4.98 Å². The number of alkyl halides is 3. The molecule has 1 aromatic carbocycles. The molecule has 3 rings (SSSR count). The van der Waals surface area contributed by atoms with Gasteiger partial charge in [-0.15, -0.1) is 13.2 Å². The van der Waals surface area contributed by atoms with Crippen LogP contribution in [0.5, 0.6) is 17.5 Å². The molecule has 3 aromatic rings. The first-order valence-electron chi connectivity index (χ1n) is 10.0. The van der Waals surface area contributed by atoms with Crippen molar-refractivity contribution >= 4 is 19.2 Å². The number of imidazole rings is 1. The van der Waals surface area contributed by atoms with E-state index in [-0.39, 0.29) is 29.7 Å². The van der Waals surface area contributed by atoms with E-state index in [1.54, 1.807) is 0 Å². The van der Waals surface area contributed by atoms with E-state index < -0.39 is 31.4 Å². The summed E-state index contributed by atoms with van der Waals surface area (Å²) >= 11 is 0. The van der Waals surface area contributed by atoms with Gasteiger partial charge in [0, 0.05) is 34.8 Å². The lowest BCUT2D eigenvalue weighted by molar-refractivity contribution is -0.274. The Hall–Kier alpha value is -3.06. The lowest BCUT2D eigenvalue weighted by Gasteiger charge is -2.16. The maximum atomic E-state index is 12.8. The molecule has 0 spiro atoms. The van der Waals surface area contributed by atoms with E-state index in [1.165, 1.54) is 35.4 Å². The summed E-state index contributed by atoms with van der Waals surface area (Å²) in [5, 5.41) is 0. The third-order valence-electron chi connectivity index (χ3n) is 4.78. The Labute approximate surface area is 187 Å². The van der Waals surface area contributed by atoms with Gasteiger partial charge < -0.3 is 14.2 Å². The third kappa shape index (κ3) is 5.84. The molecule has 0 bridgehead atoms.